The quantitative estimate of drug-likeness (QED) is 0.719. The van der Waals surface area contributed by atoms with E-state index in [4.69, 9.17) is 4.55 Å². The first kappa shape index (κ1) is 11.0. The second-order valence-electron chi connectivity index (χ2n) is 4.10. The van der Waals surface area contributed by atoms with Gasteiger partial charge >= 0.3 is 0 Å². The van der Waals surface area contributed by atoms with Gasteiger partial charge in [0.05, 0.1) is 5.25 Å². The molecule has 1 fully saturated rings. The van der Waals surface area contributed by atoms with E-state index < -0.39 is 15.4 Å². The van der Waals surface area contributed by atoms with Crippen molar-refractivity contribution in [3.8, 4) is 0 Å². The van der Waals surface area contributed by atoms with E-state index >= 15 is 0 Å². The largest absolute Gasteiger partial charge is 0.285 e. The minimum atomic E-state index is -3.78. The zero-order valence-electron chi connectivity index (χ0n) is 8.23. The molecule has 3 atom stereocenters. The second kappa shape index (κ2) is 3.96. The van der Waals surface area contributed by atoms with Gasteiger partial charge in [0.1, 0.15) is 0 Å². The van der Waals surface area contributed by atoms with Gasteiger partial charge < -0.3 is 0 Å². The Morgan fingerprint density at radius 3 is 2.46 bits per heavy atom. The Labute approximate surface area is 80.3 Å². The summed E-state index contributed by atoms with van der Waals surface area (Å²) in [6.07, 6.45) is 3.31. The fraction of sp³-hybridized carbons (Fsp3) is 1.00. The lowest BCUT2D eigenvalue weighted by atomic mass is 9.91. The van der Waals surface area contributed by atoms with Crippen LogP contribution in [0.25, 0.3) is 0 Å². The zero-order valence-corrected chi connectivity index (χ0v) is 9.05. The van der Waals surface area contributed by atoms with Crippen LogP contribution in [0, 0.1) is 11.8 Å². The molecule has 78 valence electrons. The van der Waals surface area contributed by atoms with Crippen LogP contribution in [0.1, 0.15) is 39.5 Å². The fourth-order valence-corrected chi connectivity index (χ4v) is 3.02. The molecule has 0 spiro atoms. The van der Waals surface area contributed by atoms with Crippen LogP contribution in [0.15, 0.2) is 0 Å². The van der Waals surface area contributed by atoms with Crippen LogP contribution in [-0.4, -0.2) is 18.2 Å². The van der Waals surface area contributed by atoms with E-state index in [9.17, 15) is 8.42 Å². The zero-order chi connectivity index (χ0) is 10.1. The molecule has 1 rings (SSSR count). The summed E-state index contributed by atoms with van der Waals surface area (Å²) in [5, 5.41) is -0.494. The third-order valence-electron chi connectivity index (χ3n) is 3.29. The molecule has 0 aromatic heterocycles. The smallest absolute Gasteiger partial charge is 0.267 e. The first-order valence-corrected chi connectivity index (χ1v) is 6.41. The SMILES string of the molecule is CCC(C)C1CCC(S(=O)(=O)O)C1. The summed E-state index contributed by atoms with van der Waals surface area (Å²) in [5.41, 5.74) is 0. The molecule has 0 saturated heterocycles. The lowest BCUT2D eigenvalue weighted by Gasteiger charge is -2.16. The summed E-state index contributed by atoms with van der Waals surface area (Å²) in [5.74, 6) is 1.06. The van der Waals surface area contributed by atoms with E-state index in [0.717, 1.165) is 12.8 Å². The first-order valence-electron chi connectivity index (χ1n) is 4.91. The lowest BCUT2D eigenvalue weighted by Crippen LogP contribution is -2.18. The standard InChI is InChI=1S/C9H18O3S/c1-3-7(2)8-4-5-9(6-8)13(10,11)12/h7-9H,3-6H2,1-2H3,(H,10,11,12). The van der Waals surface area contributed by atoms with E-state index in [-0.39, 0.29) is 0 Å². The van der Waals surface area contributed by atoms with Crippen molar-refractivity contribution in [3.05, 3.63) is 0 Å². The molecule has 0 aliphatic heterocycles. The number of hydrogen-bond acceptors (Lipinski definition) is 2. The fourth-order valence-electron chi connectivity index (χ4n) is 2.09. The van der Waals surface area contributed by atoms with Crippen LogP contribution < -0.4 is 0 Å². The van der Waals surface area contributed by atoms with Gasteiger partial charge in [-0.05, 0) is 31.1 Å². The van der Waals surface area contributed by atoms with E-state index in [1.54, 1.807) is 0 Å². The maximum Gasteiger partial charge on any atom is 0.267 e. The minimum absolute atomic E-state index is 0.483. The summed E-state index contributed by atoms with van der Waals surface area (Å²) < 4.78 is 30.6. The monoisotopic (exact) mass is 206 g/mol. The van der Waals surface area contributed by atoms with Crippen molar-refractivity contribution >= 4 is 10.1 Å². The van der Waals surface area contributed by atoms with Crippen LogP contribution in [0.3, 0.4) is 0 Å². The van der Waals surface area contributed by atoms with Crippen LogP contribution in [-0.2, 0) is 10.1 Å². The summed E-state index contributed by atoms with van der Waals surface area (Å²) in [4.78, 5) is 0. The van der Waals surface area contributed by atoms with Gasteiger partial charge in [0.25, 0.3) is 10.1 Å². The van der Waals surface area contributed by atoms with Crippen molar-refractivity contribution in [2.75, 3.05) is 0 Å². The molecule has 0 heterocycles. The third-order valence-corrected chi connectivity index (χ3v) is 4.57. The Hall–Kier alpha value is -0.0900. The molecule has 3 unspecified atom stereocenters. The van der Waals surface area contributed by atoms with Crippen molar-refractivity contribution in [1.29, 1.82) is 0 Å². The molecule has 1 saturated carbocycles. The Balaban J connectivity index is 2.55. The summed E-state index contributed by atoms with van der Waals surface area (Å²) >= 11 is 0. The predicted octanol–water partition coefficient (Wildman–Crippen LogP) is 2.09. The van der Waals surface area contributed by atoms with Crippen LogP contribution in [0.4, 0.5) is 0 Å². The van der Waals surface area contributed by atoms with E-state index in [0.29, 0.717) is 24.7 Å². The van der Waals surface area contributed by atoms with Crippen molar-refractivity contribution in [2.45, 2.75) is 44.8 Å². The van der Waals surface area contributed by atoms with Crippen molar-refractivity contribution in [3.63, 3.8) is 0 Å². The van der Waals surface area contributed by atoms with Crippen molar-refractivity contribution < 1.29 is 13.0 Å². The second-order valence-corrected chi connectivity index (χ2v) is 5.79. The van der Waals surface area contributed by atoms with Crippen LogP contribution in [0.5, 0.6) is 0 Å². The molecule has 3 nitrogen and oxygen atoms in total. The maximum atomic E-state index is 10.8. The highest BCUT2D eigenvalue weighted by Crippen LogP contribution is 2.35. The van der Waals surface area contributed by atoms with E-state index in [1.807, 2.05) is 0 Å². The van der Waals surface area contributed by atoms with E-state index in [2.05, 4.69) is 13.8 Å². The molecule has 13 heavy (non-hydrogen) atoms. The lowest BCUT2D eigenvalue weighted by molar-refractivity contribution is 0.355. The molecule has 0 aromatic rings. The van der Waals surface area contributed by atoms with Gasteiger partial charge in [0.2, 0.25) is 0 Å². The predicted molar refractivity (Wildman–Crippen MR) is 52.1 cm³/mol. The Morgan fingerprint density at radius 1 is 1.46 bits per heavy atom. The molecule has 0 bridgehead atoms. The maximum absolute atomic E-state index is 10.8. The summed E-state index contributed by atoms with van der Waals surface area (Å²) in [7, 11) is -3.78. The van der Waals surface area contributed by atoms with Gasteiger partial charge in [0, 0.05) is 0 Å². The molecular formula is C9H18O3S. The minimum Gasteiger partial charge on any atom is -0.285 e. The molecule has 4 heteroatoms. The normalized spacial score (nSPS) is 31.9. The topological polar surface area (TPSA) is 54.4 Å². The average molecular weight is 206 g/mol. The Kier molecular flexibility index (Phi) is 3.35. The Bertz CT molecular complexity index is 258. The summed E-state index contributed by atoms with van der Waals surface area (Å²) in [6, 6.07) is 0. The number of rotatable bonds is 3. The van der Waals surface area contributed by atoms with Gasteiger partial charge in [-0.2, -0.15) is 8.42 Å². The van der Waals surface area contributed by atoms with Gasteiger partial charge in [-0.1, -0.05) is 20.3 Å². The highest BCUT2D eigenvalue weighted by molar-refractivity contribution is 7.86. The average Bonchev–Trinajstić information content (AvgIpc) is 2.50. The molecule has 1 N–H and O–H groups in total. The van der Waals surface area contributed by atoms with Gasteiger partial charge in [-0.25, -0.2) is 0 Å². The first-order chi connectivity index (χ1) is 5.95. The molecule has 0 amide bonds. The van der Waals surface area contributed by atoms with Gasteiger partial charge in [0.15, 0.2) is 0 Å². The molecule has 1 aliphatic rings. The highest BCUT2D eigenvalue weighted by atomic mass is 32.2. The third kappa shape index (κ3) is 2.68. The molecular weight excluding hydrogens is 188 g/mol. The van der Waals surface area contributed by atoms with Crippen molar-refractivity contribution in [1.82, 2.24) is 0 Å². The van der Waals surface area contributed by atoms with Crippen LogP contribution in [0.2, 0.25) is 0 Å². The number of hydrogen-bond donors (Lipinski definition) is 1. The molecule has 1 aliphatic carbocycles. The van der Waals surface area contributed by atoms with Gasteiger partial charge in [-0.3, -0.25) is 4.55 Å². The molecule has 0 aromatic carbocycles. The van der Waals surface area contributed by atoms with Gasteiger partial charge in [-0.15, -0.1) is 0 Å². The van der Waals surface area contributed by atoms with Crippen LogP contribution >= 0.6 is 0 Å². The van der Waals surface area contributed by atoms with E-state index in [1.165, 1.54) is 0 Å². The molecule has 0 radical (unpaired) electrons. The highest BCUT2D eigenvalue weighted by Gasteiger charge is 2.34. The Morgan fingerprint density at radius 2 is 2.08 bits per heavy atom. The van der Waals surface area contributed by atoms with Crippen molar-refractivity contribution in [2.24, 2.45) is 11.8 Å². The summed E-state index contributed by atoms with van der Waals surface area (Å²) in [6.45, 7) is 4.27.